The molecule has 3 N–H and O–H groups in total. The topological polar surface area (TPSA) is 102 Å². The minimum absolute atomic E-state index is 0. The first-order chi connectivity index (χ1) is 10.6. The highest BCUT2D eigenvalue weighted by Gasteiger charge is 2.25. The van der Waals surface area contributed by atoms with Crippen molar-refractivity contribution in [3.05, 3.63) is 55.6 Å². The highest BCUT2D eigenvalue weighted by Crippen LogP contribution is 2.28. The van der Waals surface area contributed by atoms with Crippen LogP contribution in [0, 0.1) is 0 Å². The van der Waals surface area contributed by atoms with Crippen LogP contribution in [0.25, 0.3) is 0 Å². The van der Waals surface area contributed by atoms with Crippen LogP contribution in [0.1, 0.15) is 38.0 Å². The first kappa shape index (κ1) is 16.9. The molecule has 0 radical (unpaired) electrons. The molecule has 3 heterocycles. The van der Waals surface area contributed by atoms with E-state index in [9.17, 15) is 14.4 Å². The molecule has 1 aliphatic rings. The zero-order chi connectivity index (χ0) is 15.7. The number of nitrogens with one attached hydrogen (secondary N) is 2. The number of aromatic nitrogens is 1. The molecule has 0 fully saturated rings. The van der Waals surface area contributed by atoms with E-state index >= 15 is 0 Å². The highest BCUT2D eigenvalue weighted by molar-refractivity contribution is 7.14. The summed E-state index contributed by atoms with van der Waals surface area (Å²) < 4.78 is 0. The van der Waals surface area contributed by atoms with Gasteiger partial charge in [-0.15, -0.1) is 11.3 Å². The number of amides is 2. The lowest BCUT2D eigenvalue weighted by molar-refractivity contribution is 0.0709. The van der Waals surface area contributed by atoms with Crippen molar-refractivity contribution in [3.8, 4) is 0 Å². The smallest absolute Gasteiger partial charge is 0.284 e. The number of hydroxylamine groups is 1. The third kappa shape index (κ3) is 3.33. The van der Waals surface area contributed by atoms with Crippen molar-refractivity contribution >= 4 is 23.2 Å². The van der Waals surface area contributed by atoms with Crippen molar-refractivity contribution in [3.63, 3.8) is 0 Å². The molecule has 8 heteroatoms. The lowest BCUT2D eigenvalue weighted by atomic mass is 10.1. The summed E-state index contributed by atoms with van der Waals surface area (Å²) in [7, 11) is 0. The number of rotatable bonds is 2. The van der Waals surface area contributed by atoms with Gasteiger partial charge in [0.2, 0.25) is 5.56 Å². The van der Waals surface area contributed by atoms with Crippen LogP contribution < -0.4 is 11.0 Å². The van der Waals surface area contributed by atoms with Crippen LogP contribution in [0.15, 0.2) is 29.1 Å². The Kier molecular flexibility index (Phi) is 4.97. The molecule has 2 aromatic rings. The standard InChI is InChI=1S/C14H13N3O4S.CH4/c18-12-3-1-2-9(15-12)14(20)17-5-4-8-6-10(13(19)16-21)22-11(8)7-17;/h1-3,6,21H,4-5,7H2,(H,15,18)(H,16,19);1H4. The Labute approximate surface area is 136 Å². The number of carbonyl (C=O) groups excluding carboxylic acids is 2. The largest absolute Gasteiger partial charge is 0.332 e. The van der Waals surface area contributed by atoms with Crippen molar-refractivity contribution in [1.82, 2.24) is 15.4 Å². The van der Waals surface area contributed by atoms with E-state index in [4.69, 9.17) is 5.21 Å². The number of fused-ring (bicyclic) bond motifs is 1. The molecule has 3 rings (SSSR count). The molecule has 0 saturated carbocycles. The second-order valence-electron chi connectivity index (χ2n) is 4.91. The summed E-state index contributed by atoms with van der Waals surface area (Å²) in [6, 6.07) is 6.19. The minimum Gasteiger partial charge on any atom is -0.332 e. The van der Waals surface area contributed by atoms with Gasteiger partial charge in [-0.2, -0.15) is 0 Å². The van der Waals surface area contributed by atoms with Gasteiger partial charge >= 0.3 is 0 Å². The summed E-state index contributed by atoms with van der Waals surface area (Å²) in [5, 5.41) is 8.67. The molecule has 0 atom stereocenters. The summed E-state index contributed by atoms with van der Waals surface area (Å²) in [5.74, 6) is -0.797. The zero-order valence-corrected chi connectivity index (χ0v) is 12.3. The maximum absolute atomic E-state index is 12.4. The second kappa shape index (κ2) is 6.76. The van der Waals surface area contributed by atoms with Crippen molar-refractivity contribution in [2.24, 2.45) is 0 Å². The van der Waals surface area contributed by atoms with Crippen molar-refractivity contribution < 1.29 is 14.8 Å². The van der Waals surface area contributed by atoms with Gasteiger partial charge < -0.3 is 9.88 Å². The van der Waals surface area contributed by atoms with E-state index in [1.165, 1.54) is 23.5 Å². The minimum atomic E-state index is -0.551. The Hall–Kier alpha value is -2.45. The Morgan fingerprint density at radius 2 is 2.13 bits per heavy atom. The lowest BCUT2D eigenvalue weighted by Gasteiger charge is -2.26. The molecule has 0 aliphatic carbocycles. The quantitative estimate of drug-likeness (QED) is 0.570. The van der Waals surface area contributed by atoms with E-state index in [0.717, 1.165) is 10.4 Å². The Balaban J connectivity index is 0.00000192. The predicted molar refractivity (Wildman–Crippen MR) is 85.8 cm³/mol. The average molecular weight is 335 g/mol. The summed E-state index contributed by atoms with van der Waals surface area (Å²) in [6.07, 6.45) is 0.632. The molecule has 2 aromatic heterocycles. The van der Waals surface area contributed by atoms with Gasteiger partial charge in [0.15, 0.2) is 0 Å². The van der Waals surface area contributed by atoms with Crippen LogP contribution >= 0.6 is 11.3 Å². The Morgan fingerprint density at radius 1 is 1.35 bits per heavy atom. The number of hydrogen-bond acceptors (Lipinski definition) is 5. The van der Waals surface area contributed by atoms with Crippen LogP contribution in [0.5, 0.6) is 0 Å². The fourth-order valence-corrected chi connectivity index (χ4v) is 3.52. The predicted octanol–water partition coefficient (Wildman–Crippen LogP) is 1.39. The van der Waals surface area contributed by atoms with Gasteiger partial charge in [-0.3, -0.25) is 19.6 Å². The molecule has 122 valence electrons. The molecule has 0 bridgehead atoms. The van der Waals surface area contributed by atoms with Gasteiger partial charge in [0.05, 0.1) is 11.4 Å². The summed E-state index contributed by atoms with van der Waals surface area (Å²) in [5.41, 5.74) is 2.55. The normalized spacial score (nSPS) is 13.0. The molecule has 0 saturated heterocycles. The number of pyridine rings is 1. The summed E-state index contributed by atoms with van der Waals surface area (Å²) >= 11 is 1.25. The first-order valence-electron chi connectivity index (χ1n) is 6.63. The molecule has 7 nitrogen and oxygen atoms in total. The van der Waals surface area contributed by atoms with Crippen molar-refractivity contribution in [1.29, 1.82) is 0 Å². The molecular weight excluding hydrogens is 318 g/mol. The van der Waals surface area contributed by atoms with E-state index < -0.39 is 5.91 Å². The molecule has 0 spiro atoms. The molecule has 2 amide bonds. The van der Waals surface area contributed by atoms with Crippen molar-refractivity contribution in [2.45, 2.75) is 20.4 Å². The maximum atomic E-state index is 12.4. The second-order valence-corrected chi connectivity index (χ2v) is 6.04. The molecule has 1 aliphatic heterocycles. The van der Waals surface area contributed by atoms with E-state index in [0.29, 0.717) is 24.4 Å². The number of hydrogen-bond donors (Lipinski definition) is 3. The number of H-pyrrole nitrogens is 1. The van der Waals surface area contributed by atoms with E-state index in [2.05, 4.69) is 4.98 Å². The van der Waals surface area contributed by atoms with Crippen LogP contribution in [0.4, 0.5) is 0 Å². The fourth-order valence-electron chi connectivity index (χ4n) is 2.40. The Morgan fingerprint density at radius 3 is 2.83 bits per heavy atom. The summed E-state index contributed by atoms with van der Waals surface area (Å²) in [6.45, 7) is 0.897. The SMILES string of the molecule is C.O=C(NO)c1cc2c(s1)CN(C(=O)c1cccc(=O)[nH]1)CC2. The van der Waals surface area contributed by atoms with Gasteiger partial charge in [-0.25, -0.2) is 5.48 Å². The Bertz CT molecular complexity index is 796. The molecule has 0 unspecified atom stereocenters. The van der Waals surface area contributed by atoms with Crippen molar-refractivity contribution in [2.75, 3.05) is 6.54 Å². The van der Waals surface area contributed by atoms with Gasteiger partial charge in [-0.1, -0.05) is 13.5 Å². The number of thiophene rings is 1. The van der Waals surface area contributed by atoms with Crippen LogP contribution in [0.3, 0.4) is 0 Å². The van der Waals surface area contributed by atoms with Gasteiger partial charge in [0, 0.05) is 17.5 Å². The van der Waals surface area contributed by atoms with Gasteiger partial charge in [0.1, 0.15) is 5.69 Å². The molecule has 23 heavy (non-hydrogen) atoms. The average Bonchev–Trinajstić information content (AvgIpc) is 2.96. The molecule has 0 aromatic carbocycles. The van der Waals surface area contributed by atoms with Crippen LogP contribution in [-0.4, -0.2) is 33.5 Å². The van der Waals surface area contributed by atoms with E-state index in [-0.39, 0.29) is 24.6 Å². The highest BCUT2D eigenvalue weighted by atomic mass is 32.1. The monoisotopic (exact) mass is 335 g/mol. The molecular formula is C15H17N3O4S. The number of carbonyl (C=O) groups is 2. The van der Waals surface area contributed by atoms with Crippen LogP contribution in [0.2, 0.25) is 0 Å². The van der Waals surface area contributed by atoms with Gasteiger partial charge in [-0.05, 0) is 24.1 Å². The van der Waals surface area contributed by atoms with E-state index in [1.54, 1.807) is 22.5 Å². The third-order valence-electron chi connectivity index (χ3n) is 3.49. The first-order valence-corrected chi connectivity index (χ1v) is 7.45. The summed E-state index contributed by atoms with van der Waals surface area (Å²) in [4.78, 5) is 40.6. The fraction of sp³-hybridized carbons (Fsp3) is 0.267. The number of aromatic amines is 1. The number of nitrogens with zero attached hydrogens (tertiary/aromatic N) is 1. The maximum Gasteiger partial charge on any atom is 0.284 e. The van der Waals surface area contributed by atoms with Crippen LogP contribution in [-0.2, 0) is 13.0 Å². The third-order valence-corrected chi connectivity index (χ3v) is 4.65. The van der Waals surface area contributed by atoms with E-state index in [1.807, 2.05) is 0 Å². The zero-order valence-electron chi connectivity index (χ0n) is 11.5. The van der Waals surface area contributed by atoms with Gasteiger partial charge in [0.25, 0.3) is 11.8 Å². The lowest BCUT2D eigenvalue weighted by Crippen LogP contribution is -2.36.